The number of piperazine rings is 1. The van der Waals surface area contributed by atoms with Gasteiger partial charge in [0, 0.05) is 43.4 Å². The lowest BCUT2D eigenvalue weighted by atomic mass is 10.2. The van der Waals surface area contributed by atoms with Crippen LogP contribution in [0.15, 0.2) is 60.8 Å². The molecule has 1 aliphatic rings. The van der Waals surface area contributed by atoms with Crippen molar-refractivity contribution < 1.29 is 14.0 Å². The lowest BCUT2D eigenvalue weighted by Crippen LogP contribution is -2.49. The fraction of sp³-hybridized carbons (Fsp3) is 0.227. The molecule has 0 bridgehead atoms. The van der Waals surface area contributed by atoms with Crippen LogP contribution in [0, 0.1) is 5.82 Å². The second kappa shape index (κ2) is 8.26. The van der Waals surface area contributed by atoms with E-state index in [9.17, 15) is 14.0 Å². The summed E-state index contributed by atoms with van der Waals surface area (Å²) in [6.07, 6.45) is 1.46. The second-order valence-electron chi connectivity index (χ2n) is 6.95. The van der Waals surface area contributed by atoms with Gasteiger partial charge in [0.2, 0.25) is 11.8 Å². The predicted molar refractivity (Wildman–Crippen MR) is 110 cm³/mol. The van der Waals surface area contributed by atoms with Crippen LogP contribution in [0.4, 0.5) is 15.8 Å². The molecule has 148 valence electrons. The zero-order valence-corrected chi connectivity index (χ0v) is 15.8. The number of para-hydroxylation sites is 1. The number of nitrogens with zero attached hydrogens (tertiary/aromatic N) is 3. The molecule has 2 heterocycles. The van der Waals surface area contributed by atoms with Crippen LogP contribution in [0.25, 0.3) is 10.9 Å². The van der Waals surface area contributed by atoms with E-state index in [-0.39, 0.29) is 24.1 Å². The van der Waals surface area contributed by atoms with Gasteiger partial charge in [0.05, 0.1) is 11.2 Å². The molecule has 4 rings (SSSR count). The SMILES string of the molecule is O=C(CC(=O)N1CCN(c2ccc(F)cc2)CC1)Nc1cccc2cccnc12. The third-order valence-corrected chi connectivity index (χ3v) is 5.04. The number of halogens is 1. The summed E-state index contributed by atoms with van der Waals surface area (Å²) in [4.78, 5) is 33.0. The van der Waals surface area contributed by atoms with Gasteiger partial charge in [0.15, 0.2) is 0 Å². The van der Waals surface area contributed by atoms with Gasteiger partial charge in [-0.15, -0.1) is 0 Å². The normalized spacial score (nSPS) is 14.1. The second-order valence-corrected chi connectivity index (χ2v) is 6.95. The number of fused-ring (bicyclic) bond motifs is 1. The minimum atomic E-state index is -0.353. The monoisotopic (exact) mass is 392 g/mol. The molecule has 2 amide bonds. The summed E-state index contributed by atoms with van der Waals surface area (Å²) < 4.78 is 13.1. The molecule has 1 fully saturated rings. The molecule has 0 aliphatic carbocycles. The van der Waals surface area contributed by atoms with Crippen molar-refractivity contribution in [3.63, 3.8) is 0 Å². The maximum atomic E-state index is 13.1. The van der Waals surface area contributed by atoms with Crippen molar-refractivity contribution in [1.29, 1.82) is 0 Å². The number of carbonyl (C=O) groups excluding carboxylic acids is 2. The number of pyridine rings is 1. The molecule has 1 aliphatic heterocycles. The van der Waals surface area contributed by atoms with E-state index in [1.165, 1.54) is 12.1 Å². The van der Waals surface area contributed by atoms with Crippen LogP contribution in [0.5, 0.6) is 0 Å². The Morgan fingerprint density at radius 1 is 0.966 bits per heavy atom. The fourth-order valence-electron chi connectivity index (χ4n) is 3.51. The van der Waals surface area contributed by atoms with Crippen LogP contribution in [0.1, 0.15) is 6.42 Å². The molecule has 6 nitrogen and oxygen atoms in total. The van der Waals surface area contributed by atoms with Gasteiger partial charge in [-0.2, -0.15) is 0 Å². The molecule has 0 atom stereocenters. The first kappa shape index (κ1) is 18.9. The number of amides is 2. The molecule has 0 spiro atoms. The molecule has 0 radical (unpaired) electrons. The van der Waals surface area contributed by atoms with Crippen molar-refractivity contribution >= 4 is 34.1 Å². The summed E-state index contributed by atoms with van der Waals surface area (Å²) >= 11 is 0. The van der Waals surface area contributed by atoms with Crippen molar-refractivity contribution in [2.24, 2.45) is 0 Å². The van der Waals surface area contributed by atoms with E-state index in [2.05, 4.69) is 15.2 Å². The van der Waals surface area contributed by atoms with Gasteiger partial charge in [0.1, 0.15) is 12.2 Å². The van der Waals surface area contributed by atoms with E-state index >= 15 is 0 Å². The average molecular weight is 392 g/mol. The number of carbonyl (C=O) groups is 2. The highest BCUT2D eigenvalue weighted by atomic mass is 19.1. The van der Waals surface area contributed by atoms with Crippen molar-refractivity contribution in [3.8, 4) is 0 Å². The Bertz CT molecular complexity index is 1030. The first-order valence-electron chi connectivity index (χ1n) is 9.52. The highest BCUT2D eigenvalue weighted by molar-refractivity contribution is 6.07. The summed E-state index contributed by atoms with van der Waals surface area (Å²) in [5.74, 6) is -0.821. The topological polar surface area (TPSA) is 65.5 Å². The number of anilines is 2. The average Bonchev–Trinajstić information content (AvgIpc) is 2.74. The van der Waals surface area contributed by atoms with Crippen LogP contribution in [0.2, 0.25) is 0 Å². The van der Waals surface area contributed by atoms with Crippen molar-refractivity contribution in [2.75, 3.05) is 36.4 Å². The first-order valence-corrected chi connectivity index (χ1v) is 9.52. The molecular weight excluding hydrogens is 371 g/mol. The van der Waals surface area contributed by atoms with E-state index in [0.717, 1.165) is 11.1 Å². The molecule has 0 saturated carbocycles. The highest BCUT2D eigenvalue weighted by Crippen LogP contribution is 2.21. The number of nitrogens with one attached hydrogen (secondary N) is 1. The molecule has 1 aromatic heterocycles. The summed E-state index contributed by atoms with van der Waals surface area (Å²) in [5.41, 5.74) is 2.23. The first-order chi connectivity index (χ1) is 14.1. The van der Waals surface area contributed by atoms with Gasteiger partial charge in [-0.1, -0.05) is 18.2 Å². The predicted octanol–water partition coefficient (Wildman–Crippen LogP) is 3.05. The Morgan fingerprint density at radius 2 is 1.69 bits per heavy atom. The molecule has 1 N–H and O–H groups in total. The lowest BCUT2D eigenvalue weighted by Gasteiger charge is -2.36. The van der Waals surface area contributed by atoms with Gasteiger partial charge in [-0.25, -0.2) is 4.39 Å². The quantitative estimate of drug-likeness (QED) is 0.693. The minimum absolute atomic E-state index is 0.200. The van der Waals surface area contributed by atoms with E-state index in [1.54, 1.807) is 29.3 Å². The third-order valence-electron chi connectivity index (χ3n) is 5.04. The van der Waals surface area contributed by atoms with E-state index in [1.807, 2.05) is 24.3 Å². The number of benzene rings is 2. The van der Waals surface area contributed by atoms with E-state index in [4.69, 9.17) is 0 Å². The molecular formula is C22H21FN4O2. The summed E-state index contributed by atoms with van der Waals surface area (Å²) in [6, 6.07) is 15.6. The van der Waals surface area contributed by atoms with E-state index in [0.29, 0.717) is 37.4 Å². The highest BCUT2D eigenvalue weighted by Gasteiger charge is 2.23. The number of hydrogen-bond donors (Lipinski definition) is 1. The fourth-order valence-corrected chi connectivity index (χ4v) is 3.51. The minimum Gasteiger partial charge on any atom is -0.368 e. The van der Waals surface area contributed by atoms with Crippen LogP contribution >= 0.6 is 0 Å². The largest absolute Gasteiger partial charge is 0.368 e. The number of hydrogen-bond acceptors (Lipinski definition) is 4. The zero-order valence-electron chi connectivity index (χ0n) is 15.8. The Hall–Kier alpha value is -3.48. The van der Waals surface area contributed by atoms with Crippen molar-refractivity contribution in [1.82, 2.24) is 9.88 Å². The molecule has 2 aromatic carbocycles. The summed E-state index contributed by atoms with van der Waals surface area (Å²) in [6.45, 7) is 2.34. The number of aromatic nitrogens is 1. The van der Waals surface area contributed by atoms with Crippen molar-refractivity contribution in [3.05, 3.63) is 66.6 Å². The van der Waals surface area contributed by atoms with Gasteiger partial charge in [-0.05, 0) is 36.4 Å². The standard InChI is InChI=1S/C22H21FN4O2/c23-17-6-8-18(9-7-17)26-11-13-27(14-12-26)21(29)15-20(28)25-19-5-1-3-16-4-2-10-24-22(16)19/h1-10H,11-15H2,(H,25,28). The zero-order chi connectivity index (χ0) is 20.2. The van der Waals surface area contributed by atoms with Gasteiger partial charge >= 0.3 is 0 Å². The molecule has 7 heteroatoms. The maximum absolute atomic E-state index is 13.1. The van der Waals surface area contributed by atoms with Crippen LogP contribution in [-0.4, -0.2) is 47.9 Å². The van der Waals surface area contributed by atoms with Crippen LogP contribution in [0.3, 0.4) is 0 Å². The van der Waals surface area contributed by atoms with Gasteiger partial charge in [-0.3, -0.25) is 14.6 Å². The van der Waals surface area contributed by atoms with Crippen molar-refractivity contribution in [2.45, 2.75) is 6.42 Å². The Labute approximate surface area is 167 Å². The number of rotatable bonds is 4. The molecule has 3 aromatic rings. The third kappa shape index (κ3) is 4.34. The molecule has 1 saturated heterocycles. The van der Waals surface area contributed by atoms with Gasteiger partial charge < -0.3 is 15.1 Å². The Balaban J connectivity index is 1.32. The van der Waals surface area contributed by atoms with Gasteiger partial charge in [0.25, 0.3) is 0 Å². The molecule has 0 unspecified atom stereocenters. The Morgan fingerprint density at radius 3 is 2.45 bits per heavy atom. The maximum Gasteiger partial charge on any atom is 0.233 e. The smallest absolute Gasteiger partial charge is 0.233 e. The lowest BCUT2D eigenvalue weighted by molar-refractivity contribution is -0.134. The van der Waals surface area contributed by atoms with Crippen LogP contribution < -0.4 is 10.2 Å². The summed E-state index contributed by atoms with van der Waals surface area (Å²) in [5, 5.41) is 3.72. The molecule has 29 heavy (non-hydrogen) atoms. The summed E-state index contributed by atoms with van der Waals surface area (Å²) in [7, 11) is 0. The van der Waals surface area contributed by atoms with Crippen LogP contribution in [-0.2, 0) is 9.59 Å². The Kier molecular flexibility index (Phi) is 5.37. The van der Waals surface area contributed by atoms with E-state index < -0.39 is 0 Å².